The van der Waals surface area contributed by atoms with Crippen molar-refractivity contribution in [3.05, 3.63) is 70.0 Å². The maximum Gasteiger partial charge on any atom is 0.416 e. The minimum Gasteiger partial charge on any atom is -0.279 e. The molecule has 0 aliphatic rings. The van der Waals surface area contributed by atoms with Crippen LogP contribution in [-0.4, -0.2) is 33.5 Å². The molecule has 0 fully saturated rings. The average Bonchev–Trinajstić information content (AvgIpc) is 3.13. The molecular weight excluding hydrogens is 465 g/mol. The summed E-state index contributed by atoms with van der Waals surface area (Å²) in [5.74, 6) is 0. The molecule has 0 aliphatic carbocycles. The van der Waals surface area contributed by atoms with Crippen molar-refractivity contribution in [2.24, 2.45) is 0 Å². The lowest BCUT2D eigenvalue weighted by molar-refractivity contribution is -0.388. The Kier molecular flexibility index (Phi) is 5.24. The number of nitrogens with one attached hydrogen (secondary N) is 2. The Balaban J connectivity index is 1.62. The molecular formula is C19H13F3N6O4S. The van der Waals surface area contributed by atoms with Crippen molar-refractivity contribution < 1.29 is 26.5 Å². The molecule has 0 aliphatic heterocycles. The van der Waals surface area contributed by atoms with Gasteiger partial charge in [-0.3, -0.25) is 19.9 Å². The number of aromatic nitrogens is 4. The molecule has 0 radical (unpaired) electrons. The number of H-pyrrole nitrogens is 1. The number of aromatic amines is 1. The lowest BCUT2D eigenvalue weighted by atomic mass is 10.1. The smallest absolute Gasteiger partial charge is 0.279 e. The number of halogens is 3. The number of hydrogen-bond donors (Lipinski definition) is 2. The van der Waals surface area contributed by atoms with Gasteiger partial charge in [-0.05, 0) is 31.2 Å². The van der Waals surface area contributed by atoms with E-state index in [0.717, 1.165) is 0 Å². The van der Waals surface area contributed by atoms with Crippen LogP contribution >= 0.6 is 0 Å². The van der Waals surface area contributed by atoms with Crippen LogP contribution in [0.2, 0.25) is 0 Å². The number of alkyl halides is 3. The van der Waals surface area contributed by atoms with Gasteiger partial charge in [-0.15, -0.1) is 0 Å². The molecule has 33 heavy (non-hydrogen) atoms. The monoisotopic (exact) mass is 478 g/mol. The van der Waals surface area contributed by atoms with Crippen LogP contribution < -0.4 is 4.72 Å². The molecule has 10 nitrogen and oxygen atoms in total. The average molecular weight is 478 g/mol. The van der Waals surface area contributed by atoms with Gasteiger partial charge < -0.3 is 0 Å². The molecule has 14 heteroatoms. The zero-order valence-corrected chi connectivity index (χ0v) is 17.4. The highest BCUT2D eigenvalue weighted by Gasteiger charge is 2.35. The Hall–Kier alpha value is -4.07. The number of fused-ring (bicyclic) bond motifs is 1. The molecule has 0 unspecified atom stereocenters. The highest BCUT2D eigenvalue weighted by molar-refractivity contribution is 7.92. The zero-order valence-electron chi connectivity index (χ0n) is 16.6. The Labute approximate surface area is 183 Å². The van der Waals surface area contributed by atoms with Crippen LogP contribution in [-0.2, 0) is 16.2 Å². The minimum absolute atomic E-state index is 0.0411. The predicted octanol–water partition coefficient (Wildman–Crippen LogP) is 4.06. The quantitative estimate of drug-likeness (QED) is 0.325. The number of hydrogen-bond acceptors (Lipinski definition) is 7. The van der Waals surface area contributed by atoms with Crippen molar-refractivity contribution in [2.75, 3.05) is 4.72 Å². The van der Waals surface area contributed by atoms with Crippen LogP contribution in [0.15, 0.2) is 53.6 Å². The standard InChI is InChI=1S/C19H13F3N6O4S/c1-10-17-18(26-25-10)24-14(9-23-17)11-2-5-13(6-3-11)27-33(31,32)16-7-4-12(19(20,21)22)8-15(16)28(29)30/h2-9,27H,1H3,(H,24,25,26). The van der Waals surface area contributed by atoms with Gasteiger partial charge in [0.05, 0.1) is 28.1 Å². The van der Waals surface area contributed by atoms with Gasteiger partial charge in [-0.2, -0.15) is 18.3 Å². The predicted molar refractivity (Wildman–Crippen MR) is 111 cm³/mol. The summed E-state index contributed by atoms with van der Waals surface area (Å²) in [5, 5.41) is 18.0. The van der Waals surface area contributed by atoms with E-state index in [1.807, 2.05) is 0 Å². The number of aryl methyl sites for hydroxylation is 1. The number of nitro benzene ring substituents is 1. The maximum absolute atomic E-state index is 12.9. The fourth-order valence-corrected chi connectivity index (χ4v) is 4.26. The van der Waals surface area contributed by atoms with Gasteiger partial charge in [0.1, 0.15) is 5.52 Å². The highest BCUT2D eigenvalue weighted by atomic mass is 32.2. The van der Waals surface area contributed by atoms with E-state index < -0.39 is 37.3 Å². The van der Waals surface area contributed by atoms with Crippen LogP contribution in [0.1, 0.15) is 11.3 Å². The van der Waals surface area contributed by atoms with Gasteiger partial charge in [0.2, 0.25) is 0 Å². The summed E-state index contributed by atoms with van der Waals surface area (Å²) in [6, 6.07) is 7.05. The SMILES string of the molecule is Cc1n[nH]c2nc(-c3ccc(NS(=O)(=O)c4ccc(C(F)(F)F)cc4[N+](=O)[O-])cc3)cnc12. The fourth-order valence-electron chi connectivity index (χ4n) is 3.04. The molecule has 0 spiro atoms. The van der Waals surface area contributed by atoms with Crippen LogP contribution in [0, 0.1) is 17.0 Å². The van der Waals surface area contributed by atoms with E-state index in [2.05, 4.69) is 24.9 Å². The Morgan fingerprint density at radius 3 is 2.45 bits per heavy atom. The van der Waals surface area contributed by atoms with E-state index in [1.54, 1.807) is 6.92 Å². The van der Waals surface area contributed by atoms with Gasteiger partial charge in [-0.25, -0.2) is 18.4 Å². The van der Waals surface area contributed by atoms with E-state index in [4.69, 9.17) is 0 Å². The summed E-state index contributed by atoms with van der Waals surface area (Å²) < 4.78 is 66.1. The van der Waals surface area contributed by atoms with Crippen LogP contribution in [0.5, 0.6) is 0 Å². The Morgan fingerprint density at radius 2 is 1.82 bits per heavy atom. The van der Waals surface area contributed by atoms with Crippen molar-refractivity contribution in [1.29, 1.82) is 0 Å². The van der Waals surface area contributed by atoms with Crippen LogP contribution in [0.25, 0.3) is 22.4 Å². The van der Waals surface area contributed by atoms with Crippen LogP contribution in [0.4, 0.5) is 24.5 Å². The maximum atomic E-state index is 12.9. The van der Waals surface area contributed by atoms with Crippen molar-refractivity contribution in [1.82, 2.24) is 20.2 Å². The zero-order chi connectivity index (χ0) is 24.0. The first-order valence-corrected chi connectivity index (χ1v) is 10.6. The van der Waals surface area contributed by atoms with Gasteiger partial charge in [0.25, 0.3) is 15.7 Å². The van der Waals surface area contributed by atoms with E-state index in [-0.39, 0.29) is 11.8 Å². The summed E-state index contributed by atoms with van der Waals surface area (Å²) in [6.07, 6.45) is -3.34. The van der Waals surface area contributed by atoms with Crippen LogP contribution in [0.3, 0.4) is 0 Å². The summed E-state index contributed by atoms with van der Waals surface area (Å²) in [6.45, 7) is 1.77. The first-order valence-electron chi connectivity index (χ1n) is 9.12. The number of benzene rings is 2. The fraction of sp³-hybridized carbons (Fsp3) is 0.105. The van der Waals surface area contributed by atoms with Crippen molar-refractivity contribution >= 4 is 32.6 Å². The summed E-state index contributed by atoms with van der Waals surface area (Å²) in [5.41, 5.74) is 0.380. The normalized spacial score (nSPS) is 12.1. The van der Waals surface area contributed by atoms with Gasteiger partial charge in [0.15, 0.2) is 10.5 Å². The Morgan fingerprint density at radius 1 is 1.12 bits per heavy atom. The van der Waals surface area contributed by atoms with E-state index >= 15 is 0 Å². The number of nitrogens with zero attached hydrogens (tertiary/aromatic N) is 4. The molecule has 2 aromatic heterocycles. The van der Waals surface area contributed by atoms with Crippen molar-refractivity contribution in [3.8, 4) is 11.3 Å². The van der Waals surface area contributed by atoms with Gasteiger partial charge in [-0.1, -0.05) is 12.1 Å². The van der Waals surface area contributed by atoms with E-state index in [9.17, 15) is 31.7 Å². The molecule has 2 aromatic carbocycles. The number of sulfonamides is 1. The largest absolute Gasteiger partial charge is 0.416 e. The molecule has 0 bridgehead atoms. The molecule has 170 valence electrons. The third-order valence-corrected chi connectivity index (χ3v) is 6.08. The molecule has 0 saturated heterocycles. The molecule has 4 rings (SSSR count). The third-order valence-electron chi connectivity index (χ3n) is 4.65. The van der Waals surface area contributed by atoms with Gasteiger partial charge >= 0.3 is 6.18 Å². The summed E-state index contributed by atoms with van der Waals surface area (Å²) >= 11 is 0. The molecule has 4 aromatic rings. The molecule has 2 heterocycles. The molecule has 0 amide bonds. The second-order valence-electron chi connectivity index (χ2n) is 6.88. The lowest BCUT2D eigenvalue weighted by Gasteiger charge is -2.11. The third kappa shape index (κ3) is 4.32. The number of nitro groups is 1. The second kappa shape index (κ2) is 7.81. The number of anilines is 1. The van der Waals surface area contributed by atoms with Crippen molar-refractivity contribution in [2.45, 2.75) is 18.0 Å². The van der Waals surface area contributed by atoms with Gasteiger partial charge in [0, 0.05) is 17.3 Å². The molecule has 0 saturated carbocycles. The lowest BCUT2D eigenvalue weighted by Crippen LogP contribution is -2.16. The topological polar surface area (TPSA) is 144 Å². The second-order valence-corrected chi connectivity index (χ2v) is 8.53. The highest BCUT2D eigenvalue weighted by Crippen LogP contribution is 2.35. The van der Waals surface area contributed by atoms with E-state index in [1.165, 1.54) is 30.5 Å². The minimum atomic E-state index is -4.86. The first kappa shape index (κ1) is 22.1. The number of rotatable bonds is 5. The molecule has 2 N–H and O–H groups in total. The summed E-state index contributed by atoms with van der Waals surface area (Å²) in [4.78, 5) is 17.8. The van der Waals surface area contributed by atoms with E-state index in [0.29, 0.717) is 40.2 Å². The summed E-state index contributed by atoms with van der Waals surface area (Å²) in [7, 11) is -4.56. The first-order chi connectivity index (χ1) is 15.5. The molecule has 0 atom stereocenters. The van der Waals surface area contributed by atoms with Crippen molar-refractivity contribution in [3.63, 3.8) is 0 Å². The Bertz CT molecular complexity index is 1480.